The standard InChI is InChI=1S/C25H25BrF5N5O4.W/c1-12(40-20(9-35-32)21(37)25(29,30)31)4-14(27)10-36-11-18(26)15-5-17(19(28)6-16(15)23(36)38)22-33-7-13(8-34-22)24(2,3)39;/h5-9,11-12,14,39H,4,10H2,1-3H3,(H3,32,33,34,35,37,38);/p-1. The Morgan fingerprint density at radius 1 is 1.24 bits per heavy atom. The zero-order valence-corrected chi connectivity index (χ0v) is 26.2. The molecular formula is C25H24BrF5N5O4W-. The Morgan fingerprint density at radius 3 is 2.39 bits per heavy atom. The quantitative estimate of drug-likeness (QED) is 0.116. The fraction of sp³-hybridized carbons (Fsp3) is 0.360. The third-order valence-corrected chi connectivity index (χ3v) is 6.35. The molecule has 222 valence electrons. The first-order valence-corrected chi connectivity index (χ1v) is 12.4. The second kappa shape index (κ2) is 13.4. The largest absolute Gasteiger partial charge is 0.616 e. The van der Waals surface area contributed by atoms with Crippen LogP contribution in [0, 0.1) is 5.82 Å². The molecule has 3 rings (SSSR count). The number of aromatic nitrogens is 3. The normalized spacial score (nSPS) is 14.5. The molecule has 0 bridgehead atoms. The van der Waals surface area contributed by atoms with E-state index in [1.165, 1.54) is 31.6 Å². The van der Waals surface area contributed by atoms with E-state index in [9.17, 15) is 32.6 Å². The molecule has 0 saturated heterocycles. The van der Waals surface area contributed by atoms with Crippen molar-refractivity contribution in [1.29, 1.82) is 0 Å². The van der Waals surface area contributed by atoms with Crippen molar-refractivity contribution < 1.29 is 58.0 Å². The minimum absolute atomic E-state index is 0. The molecule has 2 unspecified atom stereocenters. The van der Waals surface area contributed by atoms with Gasteiger partial charge < -0.3 is 30.5 Å². The van der Waals surface area contributed by atoms with Gasteiger partial charge in [0, 0.05) is 61.5 Å². The molecule has 1 aromatic carbocycles. The topological polar surface area (TPSA) is 134 Å². The summed E-state index contributed by atoms with van der Waals surface area (Å²) in [5.41, 5.74) is -1.53. The molecule has 0 spiro atoms. The molecule has 2 aromatic heterocycles. The number of rotatable bonds is 9. The number of alkyl halides is 4. The van der Waals surface area contributed by atoms with Crippen LogP contribution in [0.1, 0.15) is 32.8 Å². The Hall–Kier alpha value is -2.90. The van der Waals surface area contributed by atoms with Gasteiger partial charge in [0.15, 0.2) is 11.6 Å². The Labute approximate surface area is 253 Å². The average Bonchev–Trinajstić information content (AvgIpc) is 2.85. The predicted molar refractivity (Wildman–Crippen MR) is 141 cm³/mol. The van der Waals surface area contributed by atoms with Crippen LogP contribution < -0.4 is 5.56 Å². The van der Waals surface area contributed by atoms with E-state index in [-0.39, 0.29) is 37.8 Å². The predicted octanol–water partition coefficient (Wildman–Crippen LogP) is 6.09. The third-order valence-electron chi connectivity index (χ3n) is 5.72. The summed E-state index contributed by atoms with van der Waals surface area (Å²) in [4.78, 5) is 21.2. The van der Waals surface area contributed by atoms with Crippen molar-refractivity contribution in [3.05, 3.63) is 74.3 Å². The van der Waals surface area contributed by atoms with Crippen molar-refractivity contribution in [1.82, 2.24) is 14.5 Å². The minimum atomic E-state index is -5.17. The van der Waals surface area contributed by atoms with E-state index in [4.69, 9.17) is 10.6 Å². The second-order valence-corrected chi connectivity index (χ2v) is 10.3. The SMILES string of the molecule is CC(CC(F)Cn1cc(Br)c2cc(-c3ncc(C(C)(C)O)cn3)c(F)cc2c1=O)OC(/C=N\[NH-])=C(/O)C(F)(F)F.[W]. The van der Waals surface area contributed by atoms with Gasteiger partial charge in [0.2, 0.25) is 5.76 Å². The van der Waals surface area contributed by atoms with Crippen LogP contribution in [0.3, 0.4) is 0 Å². The molecule has 0 aliphatic heterocycles. The number of fused-ring (bicyclic) bond motifs is 1. The molecule has 0 amide bonds. The Morgan fingerprint density at radius 2 is 1.85 bits per heavy atom. The molecule has 16 heteroatoms. The van der Waals surface area contributed by atoms with Gasteiger partial charge in [0.05, 0.1) is 35.4 Å². The van der Waals surface area contributed by atoms with E-state index in [2.05, 4.69) is 31.0 Å². The summed E-state index contributed by atoms with van der Waals surface area (Å²) < 4.78 is 74.5. The number of allylic oxidation sites excluding steroid dienone is 2. The van der Waals surface area contributed by atoms with Crippen molar-refractivity contribution in [2.75, 3.05) is 0 Å². The van der Waals surface area contributed by atoms with Gasteiger partial charge in [0.25, 0.3) is 5.56 Å². The molecule has 3 aromatic rings. The second-order valence-electron chi connectivity index (χ2n) is 9.40. The number of hydrogen-bond acceptors (Lipinski definition) is 7. The number of pyridine rings is 1. The summed E-state index contributed by atoms with van der Waals surface area (Å²) >= 11 is 3.30. The molecule has 3 N–H and O–H groups in total. The molecule has 2 atom stereocenters. The van der Waals surface area contributed by atoms with Crippen molar-refractivity contribution in [2.24, 2.45) is 5.10 Å². The zero-order chi connectivity index (χ0) is 30.0. The number of nitrogens with one attached hydrogen (secondary N) is 1. The molecule has 41 heavy (non-hydrogen) atoms. The van der Waals surface area contributed by atoms with E-state index >= 15 is 4.39 Å². The molecular weight excluding hydrogens is 793 g/mol. The maximum absolute atomic E-state index is 15.0. The number of halogens is 6. The fourth-order valence-corrected chi connectivity index (χ4v) is 4.29. The van der Waals surface area contributed by atoms with Crippen LogP contribution in [0.4, 0.5) is 22.0 Å². The van der Waals surface area contributed by atoms with E-state index in [1.54, 1.807) is 13.8 Å². The first kappa shape index (κ1) is 34.3. The van der Waals surface area contributed by atoms with Gasteiger partial charge >= 0.3 is 6.18 Å². The summed E-state index contributed by atoms with van der Waals surface area (Å²) in [7, 11) is 0. The van der Waals surface area contributed by atoms with Crippen LogP contribution in [-0.2, 0) is 37.9 Å². The van der Waals surface area contributed by atoms with Gasteiger partial charge in [-0.25, -0.2) is 18.7 Å². The number of nitrogens with zero attached hydrogens (tertiary/aromatic N) is 4. The van der Waals surface area contributed by atoms with Gasteiger partial charge in [-0.05, 0) is 48.8 Å². The van der Waals surface area contributed by atoms with Crippen LogP contribution in [0.15, 0.2) is 56.6 Å². The summed E-state index contributed by atoms with van der Waals surface area (Å²) in [6.07, 6.45) is -4.35. The minimum Gasteiger partial charge on any atom is -0.616 e. The average molecular weight is 817 g/mol. The van der Waals surface area contributed by atoms with Gasteiger partial charge in [-0.1, -0.05) is 0 Å². The first-order valence-electron chi connectivity index (χ1n) is 11.6. The Kier molecular flexibility index (Phi) is 11.2. The summed E-state index contributed by atoms with van der Waals surface area (Å²) in [6, 6.07) is 2.33. The van der Waals surface area contributed by atoms with E-state index in [0.717, 1.165) is 10.6 Å². The maximum atomic E-state index is 15.0. The molecule has 9 nitrogen and oxygen atoms in total. The van der Waals surface area contributed by atoms with Crippen LogP contribution in [0.25, 0.3) is 28.0 Å². The fourth-order valence-electron chi connectivity index (χ4n) is 3.72. The Balaban J connectivity index is 0.00000588. The van der Waals surface area contributed by atoms with Crippen LogP contribution >= 0.6 is 15.9 Å². The number of aliphatic hydroxyl groups excluding tert-OH is 1. The van der Waals surface area contributed by atoms with Crippen LogP contribution in [0.2, 0.25) is 0 Å². The Bertz CT molecular complexity index is 1510. The van der Waals surface area contributed by atoms with Crippen molar-refractivity contribution >= 4 is 32.9 Å². The van der Waals surface area contributed by atoms with Gasteiger partial charge in [-0.3, -0.25) is 4.79 Å². The molecule has 0 saturated carbocycles. The molecule has 0 aliphatic carbocycles. The van der Waals surface area contributed by atoms with Gasteiger partial charge in [0.1, 0.15) is 12.0 Å². The zero-order valence-electron chi connectivity index (χ0n) is 21.7. The summed E-state index contributed by atoms with van der Waals surface area (Å²) in [6.45, 7) is 3.78. The van der Waals surface area contributed by atoms with Gasteiger partial charge in [-0.15, -0.1) is 0 Å². The maximum Gasteiger partial charge on any atom is 0.452 e. The smallest absolute Gasteiger partial charge is 0.452 e. The van der Waals surface area contributed by atoms with E-state index in [1.807, 2.05) is 0 Å². The molecule has 2 heterocycles. The van der Waals surface area contributed by atoms with Crippen molar-refractivity contribution in [2.45, 2.75) is 57.8 Å². The van der Waals surface area contributed by atoms with Crippen LogP contribution in [0.5, 0.6) is 0 Å². The van der Waals surface area contributed by atoms with Gasteiger partial charge in [-0.2, -0.15) is 13.2 Å². The molecule has 0 fully saturated rings. The number of aliphatic hydroxyl groups is 2. The summed E-state index contributed by atoms with van der Waals surface area (Å²) in [5.74, 6) is 2.62. The summed E-state index contributed by atoms with van der Waals surface area (Å²) in [5, 5.41) is 22.2. The monoisotopic (exact) mass is 816 g/mol. The van der Waals surface area contributed by atoms with Crippen molar-refractivity contribution in [3.63, 3.8) is 0 Å². The first-order chi connectivity index (χ1) is 18.5. The van der Waals surface area contributed by atoms with E-state index in [0.29, 0.717) is 21.6 Å². The van der Waals surface area contributed by atoms with Crippen molar-refractivity contribution in [3.8, 4) is 11.4 Å². The molecule has 0 aliphatic rings. The number of ether oxygens (including phenoxy) is 1. The van der Waals surface area contributed by atoms with Crippen LogP contribution in [-0.4, -0.2) is 49.4 Å². The molecule has 0 radical (unpaired) electrons. The third kappa shape index (κ3) is 8.32. The number of benzene rings is 1. The van der Waals surface area contributed by atoms with E-state index < -0.39 is 59.9 Å². The number of hydrogen-bond donors (Lipinski definition) is 2.